The molecule has 6 amide bonds. The molecule has 9 rings (SSSR count). The van der Waals surface area contributed by atoms with Crippen molar-refractivity contribution < 1.29 is 46.7 Å². The largest absolute Gasteiger partial charge is 0.494 e. The van der Waals surface area contributed by atoms with Crippen molar-refractivity contribution in [3.8, 4) is 5.75 Å². The SMILES string of the molecule is COc1cc2nn(C3CCC(C(=O)N4CCC5(CC4)CC(Nc4cccc6c4C(=O)N(C4CCC(=O)NC4=O)C6=O)C5)CC3)cc2cc1NC(=O)c1cccc(C(F)(F)F)n1. The molecule has 1 atom stereocenters. The Kier molecular flexibility index (Phi) is 10.1. The number of benzene rings is 2. The van der Waals surface area contributed by atoms with E-state index in [2.05, 4.69) is 20.9 Å². The van der Waals surface area contributed by atoms with Gasteiger partial charge in [0.05, 0.1) is 35.5 Å². The third-order valence-electron chi connectivity index (χ3n) is 13.1. The first-order valence-corrected chi connectivity index (χ1v) is 20.5. The van der Waals surface area contributed by atoms with E-state index in [0.29, 0.717) is 42.5 Å². The fourth-order valence-electron chi connectivity index (χ4n) is 9.83. The lowest BCUT2D eigenvalue weighted by atomic mass is 9.60. The van der Waals surface area contributed by atoms with Crippen LogP contribution in [0.15, 0.2) is 54.7 Å². The number of carbonyl (C=O) groups excluding carboxylic acids is 6. The molecule has 1 spiro atoms. The van der Waals surface area contributed by atoms with Crippen molar-refractivity contribution in [3.05, 3.63) is 77.2 Å². The van der Waals surface area contributed by atoms with Gasteiger partial charge in [0.2, 0.25) is 17.7 Å². The van der Waals surface area contributed by atoms with Gasteiger partial charge in [-0.15, -0.1) is 0 Å². The van der Waals surface area contributed by atoms with Gasteiger partial charge in [0.25, 0.3) is 17.7 Å². The van der Waals surface area contributed by atoms with Crippen molar-refractivity contribution in [2.45, 2.75) is 88.5 Å². The number of aromatic nitrogens is 3. The Balaban J connectivity index is 0.766. The van der Waals surface area contributed by atoms with E-state index in [1.165, 1.54) is 13.2 Å². The van der Waals surface area contributed by atoms with Gasteiger partial charge in [-0.1, -0.05) is 12.1 Å². The molecule has 4 fully saturated rings. The molecule has 2 aromatic heterocycles. The van der Waals surface area contributed by atoms with E-state index in [0.717, 1.165) is 55.6 Å². The number of rotatable bonds is 8. The van der Waals surface area contributed by atoms with Crippen LogP contribution >= 0.6 is 0 Å². The van der Waals surface area contributed by atoms with Gasteiger partial charge in [0, 0.05) is 54.8 Å². The normalized spacial score (nSPS) is 22.9. The number of amides is 6. The molecule has 2 aromatic carbocycles. The summed E-state index contributed by atoms with van der Waals surface area (Å²) in [5.74, 6) is -2.58. The first-order valence-electron chi connectivity index (χ1n) is 20.5. The predicted molar refractivity (Wildman–Crippen MR) is 212 cm³/mol. The average molecular weight is 841 g/mol. The minimum absolute atomic E-state index is 0.0540. The molecule has 18 heteroatoms. The lowest BCUT2D eigenvalue weighted by Gasteiger charge is -2.53. The van der Waals surface area contributed by atoms with Crippen LogP contribution in [0.5, 0.6) is 5.75 Å². The van der Waals surface area contributed by atoms with Crippen LogP contribution in [0.4, 0.5) is 24.5 Å². The van der Waals surface area contributed by atoms with Gasteiger partial charge >= 0.3 is 6.18 Å². The van der Waals surface area contributed by atoms with E-state index in [9.17, 15) is 41.9 Å². The monoisotopic (exact) mass is 840 g/mol. The van der Waals surface area contributed by atoms with Crippen molar-refractivity contribution in [2.24, 2.45) is 11.3 Å². The van der Waals surface area contributed by atoms with Crippen LogP contribution in [0.1, 0.15) is 107 Å². The molecule has 0 bridgehead atoms. The Labute approximate surface area is 347 Å². The molecule has 15 nitrogen and oxygen atoms in total. The molecule has 61 heavy (non-hydrogen) atoms. The number of hydrogen-bond acceptors (Lipinski definition) is 10. The molecule has 2 saturated heterocycles. The van der Waals surface area contributed by atoms with E-state index < -0.39 is 47.4 Å². The summed E-state index contributed by atoms with van der Waals surface area (Å²) in [5.41, 5.74) is 0.465. The third kappa shape index (κ3) is 7.45. The van der Waals surface area contributed by atoms with Crippen LogP contribution in [0, 0.1) is 11.3 Å². The lowest BCUT2D eigenvalue weighted by Crippen LogP contribution is -2.54. The molecule has 3 aliphatic heterocycles. The van der Waals surface area contributed by atoms with E-state index in [1.807, 2.05) is 15.8 Å². The van der Waals surface area contributed by atoms with Crippen LogP contribution in [0.3, 0.4) is 0 Å². The highest BCUT2D eigenvalue weighted by Gasteiger charge is 2.49. The molecule has 3 N–H and O–H groups in total. The number of fused-ring (bicyclic) bond motifs is 2. The number of ether oxygens (including phenoxy) is 1. The molecule has 5 aliphatic rings. The zero-order chi connectivity index (χ0) is 42.8. The summed E-state index contributed by atoms with van der Waals surface area (Å²) in [6.07, 6.45) is 3.74. The standard InChI is InChI=1S/C43H43F3N8O7/c1-61-33-19-30-24(18-31(33)49-37(56)29-6-3-7-34(48-29)43(44,45)46)22-53(51-30)26-10-8-23(9-11-26)39(58)52-16-14-42(15-17-52)20-25(21-42)47-28-5-2-4-27-36(28)41(60)54(40(27)59)32-12-13-35(55)50-38(32)57/h2-7,18-19,22-23,25-26,32,47H,8-17,20-21H2,1H3,(H,49,56)(H,50,55,57). The lowest BCUT2D eigenvalue weighted by molar-refractivity contribution is -0.141. The Hall–Kier alpha value is -6.33. The average Bonchev–Trinajstić information content (AvgIpc) is 3.77. The fourth-order valence-corrected chi connectivity index (χ4v) is 9.83. The molecule has 4 aromatic rings. The minimum atomic E-state index is -4.69. The van der Waals surface area contributed by atoms with Gasteiger partial charge in [-0.05, 0) is 93.5 Å². The molecule has 318 valence electrons. The Bertz CT molecular complexity index is 2480. The number of hydrogen-bond donors (Lipinski definition) is 3. The number of likely N-dealkylation sites (tertiary alicyclic amines) is 1. The summed E-state index contributed by atoms with van der Waals surface area (Å²) < 4.78 is 46.9. The second-order valence-corrected chi connectivity index (χ2v) is 16.8. The second-order valence-electron chi connectivity index (χ2n) is 16.8. The summed E-state index contributed by atoms with van der Waals surface area (Å²) in [4.78, 5) is 84.1. The summed E-state index contributed by atoms with van der Waals surface area (Å²) >= 11 is 0. The Morgan fingerprint density at radius 2 is 1.66 bits per heavy atom. The van der Waals surface area contributed by atoms with Gasteiger partial charge < -0.3 is 20.3 Å². The first-order chi connectivity index (χ1) is 29.2. The number of methoxy groups -OCH3 is 1. The van der Waals surface area contributed by atoms with E-state index in [1.54, 1.807) is 30.3 Å². The van der Waals surface area contributed by atoms with Crippen molar-refractivity contribution in [1.82, 2.24) is 29.9 Å². The highest BCUT2D eigenvalue weighted by molar-refractivity contribution is 6.25. The number of pyridine rings is 1. The van der Waals surface area contributed by atoms with Gasteiger partial charge in [-0.25, -0.2) is 4.98 Å². The van der Waals surface area contributed by atoms with E-state index in [-0.39, 0.29) is 70.4 Å². The maximum Gasteiger partial charge on any atom is 0.433 e. The van der Waals surface area contributed by atoms with Crippen LogP contribution in [0.2, 0.25) is 0 Å². The Morgan fingerprint density at radius 3 is 2.36 bits per heavy atom. The van der Waals surface area contributed by atoms with Crippen LogP contribution in [-0.2, 0) is 20.6 Å². The van der Waals surface area contributed by atoms with Crippen LogP contribution in [-0.4, -0.2) is 92.3 Å². The maximum absolute atomic E-state index is 13.7. The van der Waals surface area contributed by atoms with Crippen LogP contribution < -0.4 is 20.7 Å². The van der Waals surface area contributed by atoms with Gasteiger partial charge in [0.15, 0.2) is 0 Å². The summed E-state index contributed by atoms with van der Waals surface area (Å²) in [6.45, 7) is 1.35. The van der Waals surface area contributed by atoms with Crippen molar-refractivity contribution in [1.29, 1.82) is 0 Å². The predicted octanol–water partition coefficient (Wildman–Crippen LogP) is 5.73. The summed E-state index contributed by atoms with van der Waals surface area (Å²) in [7, 11) is 1.42. The summed E-state index contributed by atoms with van der Waals surface area (Å²) in [6, 6.07) is 10.6. The summed E-state index contributed by atoms with van der Waals surface area (Å²) in [5, 5.41) is 13.8. The molecular formula is C43H43F3N8O7. The zero-order valence-corrected chi connectivity index (χ0v) is 33.2. The number of nitrogens with one attached hydrogen (secondary N) is 3. The number of piperidine rings is 2. The van der Waals surface area contributed by atoms with Crippen LogP contribution in [0.25, 0.3) is 10.9 Å². The number of carbonyl (C=O) groups is 6. The number of halogens is 3. The minimum Gasteiger partial charge on any atom is -0.494 e. The molecule has 2 aliphatic carbocycles. The fraction of sp³-hybridized carbons (Fsp3) is 0.442. The smallest absolute Gasteiger partial charge is 0.433 e. The topological polar surface area (TPSA) is 185 Å². The van der Waals surface area contributed by atoms with Gasteiger partial charge in [-0.2, -0.15) is 18.3 Å². The third-order valence-corrected chi connectivity index (χ3v) is 13.1. The van der Waals surface area contributed by atoms with Gasteiger partial charge in [-0.3, -0.25) is 43.7 Å². The highest BCUT2D eigenvalue weighted by Crippen LogP contribution is 2.51. The van der Waals surface area contributed by atoms with E-state index in [4.69, 9.17) is 9.84 Å². The zero-order valence-electron chi connectivity index (χ0n) is 33.2. The van der Waals surface area contributed by atoms with Crippen molar-refractivity contribution in [2.75, 3.05) is 30.8 Å². The highest BCUT2D eigenvalue weighted by atomic mass is 19.4. The first kappa shape index (κ1) is 40.1. The maximum atomic E-state index is 13.7. The quantitative estimate of drug-likeness (QED) is 0.185. The van der Waals surface area contributed by atoms with E-state index >= 15 is 0 Å². The number of alkyl halides is 3. The molecule has 1 unspecified atom stereocenters. The molecule has 5 heterocycles. The van der Waals surface area contributed by atoms with Crippen molar-refractivity contribution >= 4 is 57.7 Å². The number of anilines is 2. The molecular weight excluding hydrogens is 798 g/mol. The van der Waals surface area contributed by atoms with Gasteiger partial charge in [0.1, 0.15) is 23.2 Å². The Morgan fingerprint density at radius 1 is 0.918 bits per heavy atom. The number of imide groups is 2. The second kappa shape index (κ2) is 15.3. The van der Waals surface area contributed by atoms with Crippen molar-refractivity contribution in [3.63, 3.8) is 0 Å². The molecule has 0 radical (unpaired) electrons. The number of nitrogens with zero attached hydrogens (tertiary/aromatic N) is 5. The molecule has 2 saturated carbocycles.